The molecule has 1 aromatic rings. The maximum Gasteiger partial charge on any atom is 0.147 e. The first-order valence-corrected chi connectivity index (χ1v) is 6.14. The maximum absolute atomic E-state index is 5.48. The summed E-state index contributed by atoms with van der Waals surface area (Å²) in [5.74, 6) is 0.832. The van der Waals surface area contributed by atoms with Crippen molar-refractivity contribution in [1.29, 1.82) is 0 Å². The lowest BCUT2D eigenvalue weighted by molar-refractivity contribution is 0.0867. The van der Waals surface area contributed by atoms with E-state index in [1.165, 1.54) is 0 Å². The second-order valence-corrected chi connectivity index (χ2v) is 4.56. The van der Waals surface area contributed by atoms with Crippen LogP contribution in [0.5, 0.6) is 5.75 Å². The summed E-state index contributed by atoms with van der Waals surface area (Å²) >= 11 is 6.93. The molecule has 0 amide bonds. The van der Waals surface area contributed by atoms with Gasteiger partial charge < -0.3 is 9.57 Å². The zero-order chi connectivity index (χ0) is 11.3. The van der Waals surface area contributed by atoms with Crippen molar-refractivity contribution in [2.45, 2.75) is 13.5 Å². The van der Waals surface area contributed by atoms with Crippen LogP contribution in [0.1, 0.15) is 12.5 Å². The molecule has 0 saturated heterocycles. The van der Waals surface area contributed by atoms with Crippen LogP contribution in [0.25, 0.3) is 0 Å². The van der Waals surface area contributed by atoms with Crippen LogP contribution in [-0.4, -0.2) is 13.7 Å². The Balaban J connectivity index is 2.87. The third-order valence-corrected chi connectivity index (χ3v) is 2.95. The second kappa shape index (κ2) is 6.48. The Hall–Kier alpha value is -0.100. The minimum absolute atomic E-state index is 0.646. The molecule has 3 nitrogen and oxygen atoms in total. The van der Waals surface area contributed by atoms with Gasteiger partial charge in [-0.2, -0.15) is 5.48 Å². The Labute approximate surface area is 106 Å². The number of hydroxylamine groups is 1. The van der Waals surface area contributed by atoms with Gasteiger partial charge in [0, 0.05) is 6.54 Å². The van der Waals surface area contributed by atoms with Crippen molar-refractivity contribution in [3.05, 3.63) is 26.6 Å². The van der Waals surface area contributed by atoms with Gasteiger partial charge in [-0.05, 0) is 56.5 Å². The fourth-order valence-electron chi connectivity index (χ4n) is 1.15. The molecule has 0 saturated carbocycles. The lowest BCUT2D eigenvalue weighted by Crippen LogP contribution is -2.10. The van der Waals surface area contributed by atoms with E-state index in [4.69, 9.17) is 9.57 Å². The molecular weight excluding hydrogens is 326 g/mol. The standard InChI is InChI=1S/C10H13Br2NO2/c1-3-15-10-8(11)4-7(5-9(10)12)6-13-14-2/h4-5,13H,3,6H2,1-2H3. The number of ether oxygens (including phenoxy) is 1. The number of benzene rings is 1. The summed E-state index contributed by atoms with van der Waals surface area (Å²) in [6.45, 7) is 3.26. The van der Waals surface area contributed by atoms with Gasteiger partial charge in [0.2, 0.25) is 0 Å². The highest BCUT2D eigenvalue weighted by molar-refractivity contribution is 9.11. The van der Waals surface area contributed by atoms with E-state index in [2.05, 4.69) is 37.3 Å². The molecule has 1 aromatic carbocycles. The predicted octanol–water partition coefficient (Wildman–Crippen LogP) is 3.26. The smallest absolute Gasteiger partial charge is 0.147 e. The van der Waals surface area contributed by atoms with Gasteiger partial charge in [-0.1, -0.05) is 0 Å². The van der Waals surface area contributed by atoms with Gasteiger partial charge in [-0.15, -0.1) is 0 Å². The summed E-state index contributed by atoms with van der Waals surface area (Å²) < 4.78 is 7.35. The molecule has 1 N–H and O–H groups in total. The van der Waals surface area contributed by atoms with Gasteiger partial charge in [0.05, 0.1) is 22.7 Å². The molecule has 1 rings (SSSR count). The molecule has 0 heterocycles. The van der Waals surface area contributed by atoms with Crippen molar-refractivity contribution < 1.29 is 9.57 Å². The van der Waals surface area contributed by atoms with Crippen molar-refractivity contribution in [1.82, 2.24) is 5.48 Å². The van der Waals surface area contributed by atoms with Crippen LogP contribution in [0.2, 0.25) is 0 Å². The topological polar surface area (TPSA) is 30.5 Å². The summed E-state index contributed by atoms with van der Waals surface area (Å²) in [4.78, 5) is 4.79. The highest BCUT2D eigenvalue weighted by atomic mass is 79.9. The van der Waals surface area contributed by atoms with Crippen LogP contribution in [0.4, 0.5) is 0 Å². The second-order valence-electron chi connectivity index (χ2n) is 2.85. The molecule has 0 unspecified atom stereocenters. The van der Waals surface area contributed by atoms with Crippen LogP contribution in [0.15, 0.2) is 21.1 Å². The Morgan fingerprint density at radius 3 is 2.33 bits per heavy atom. The molecule has 0 bridgehead atoms. The zero-order valence-corrected chi connectivity index (χ0v) is 11.8. The molecule has 0 spiro atoms. The Morgan fingerprint density at radius 1 is 1.27 bits per heavy atom. The molecule has 0 fully saturated rings. The number of rotatable bonds is 5. The van der Waals surface area contributed by atoms with E-state index in [0.717, 1.165) is 20.3 Å². The molecular formula is C10H13Br2NO2. The lowest BCUT2D eigenvalue weighted by Gasteiger charge is -2.10. The Bertz CT molecular complexity index is 308. The first-order valence-electron chi connectivity index (χ1n) is 4.55. The van der Waals surface area contributed by atoms with Gasteiger partial charge in [0.25, 0.3) is 0 Å². The monoisotopic (exact) mass is 337 g/mol. The number of hydrogen-bond acceptors (Lipinski definition) is 3. The van der Waals surface area contributed by atoms with E-state index < -0.39 is 0 Å². The molecule has 5 heteroatoms. The summed E-state index contributed by atoms with van der Waals surface area (Å²) in [6.07, 6.45) is 0. The summed E-state index contributed by atoms with van der Waals surface area (Å²) in [5.41, 5.74) is 3.90. The van der Waals surface area contributed by atoms with E-state index in [1.54, 1.807) is 7.11 Å². The summed E-state index contributed by atoms with van der Waals surface area (Å²) in [5, 5.41) is 0. The number of hydrogen-bond donors (Lipinski definition) is 1. The van der Waals surface area contributed by atoms with E-state index in [1.807, 2.05) is 19.1 Å². The molecule has 0 aliphatic carbocycles. The molecule has 84 valence electrons. The highest BCUT2D eigenvalue weighted by Crippen LogP contribution is 2.34. The average Bonchev–Trinajstić information content (AvgIpc) is 2.20. The maximum atomic E-state index is 5.48. The molecule has 0 aromatic heterocycles. The van der Waals surface area contributed by atoms with E-state index in [0.29, 0.717) is 13.2 Å². The SMILES string of the molecule is CCOc1c(Br)cc(CNOC)cc1Br. The Morgan fingerprint density at radius 2 is 1.87 bits per heavy atom. The van der Waals surface area contributed by atoms with E-state index >= 15 is 0 Å². The quantitative estimate of drug-likeness (QED) is 0.836. The average molecular weight is 339 g/mol. The highest BCUT2D eigenvalue weighted by Gasteiger charge is 2.08. The molecule has 0 atom stereocenters. The fourth-order valence-corrected chi connectivity index (χ4v) is 2.66. The van der Waals surface area contributed by atoms with Crippen LogP contribution in [0, 0.1) is 0 Å². The predicted molar refractivity (Wildman–Crippen MR) is 66.9 cm³/mol. The van der Waals surface area contributed by atoms with Crippen molar-refractivity contribution in [3.8, 4) is 5.75 Å². The number of halogens is 2. The van der Waals surface area contributed by atoms with Gasteiger partial charge in [-0.3, -0.25) is 0 Å². The molecule has 0 aliphatic rings. The van der Waals surface area contributed by atoms with Crippen molar-refractivity contribution >= 4 is 31.9 Å². The van der Waals surface area contributed by atoms with Crippen LogP contribution < -0.4 is 10.2 Å². The van der Waals surface area contributed by atoms with Crippen molar-refractivity contribution in [2.24, 2.45) is 0 Å². The van der Waals surface area contributed by atoms with Gasteiger partial charge in [0.15, 0.2) is 0 Å². The third kappa shape index (κ3) is 3.75. The largest absolute Gasteiger partial charge is 0.492 e. The van der Waals surface area contributed by atoms with E-state index in [-0.39, 0.29) is 0 Å². The summed E-state index contributed by atoms with van der Waals surface area (Å²) in [6, 6.07) is 4.00. The van der Waals surface area contributed by atoms with E-state index in [9.17, 15) is 0 Å². The lowest BCUT2D eigenvalue weighted by atomic mass is 10.2. The number of nitrogens with one attached hydrogen (secondary N) is 1. The van der Waals surface area contributed by atoms with Gasteiger partial charge >= 0.3 is 0 Å². The van der Waals surface area contributed by atoms with Crippen LogP contribution >= 0.6 is 31.9 Å². The minimum Gasteiger partial charge on any atom is -0.492 e. The first kappa shape index (κ1) is 13.0. The molecule has 0 radical (unpaired) electrons. The summed E-state index contributed by atoms with van der Waals surface area (Å²) in [7, 11) is 1.60. The third-order valence-electron chi connectivity index (χ3n) is 1.77. The normalized spacial score (nSPS) is 10.4. The Kier molecular flexibility index (Phi) is 5.60. The molecule has 15 heavy (non-hydrogen) atoms. The minimum atomic E-state index is 0.646. The van der Waals surface area contributed by atoms with Crippen molar-refractivity contribution in [2.75, 3.05) is 13.7 Å². The van der Waals surface area contributed by atoms with Crippen LogP contribution in [-0.2, 0) is 11.4 Å². The fraction of sp³-hybridized carbons (Fsp3) is 0.400. The molecule has 0 aliphatic heterocycles. The zero-order valence-electron chi connectivity index (χ0n) is 8.64. The first-order chi connectivity index (χ1) is 7.19. The van der Waals surface area contributed by atoms with Gasteiger partial charge in [-0.25, -0.2) is 0 Å². The van der Waals surface area contributed by atoms with Crippen LogP contribution in [0.3, 0.4) is 0 Å². The van der Waals surface area contributed by atoms with Crippen molar-refractivity contribution in [3.63, 3.8) is 0 Å². The van der Waals surface area contributed by atoms with Gasteiger partial charge in [0.1, 0.15) is 5.75 Å².